The van der Waals surface area contributed by atoms with Crippen LogP contribution in [-0.4, -0.2) is 19.9 Å². The highest BCUT2D eigenvalue weighted by Gasteiger charge is 2.03. The quantitative estimate of drug-likeness (QED) is 0.907. The van der Waals surface area contributed by atoms with Crippen LogP contribution in [0.5, 0.6) is 0 Å². The van der Waals surface area contributed by atoms with Crippen molar-refractivity contribution in [2.75, 3.05) is 0 Å². The van der Waals surface area contributed by atoms with Crippen molar-refractivity contribution in [3.05, 3.63) is 40.8 Å². The number of hydrogen-bond donors (Lipinski definition) is 1. The number of aromatic nitrogens is 3. The molecule has 2 heterocycles. The molecule has 0 saturated carbocycles. The van der Waals surface area contributed by atoms with E-state index in [1.807, 2.05) is 18.3 Å². The van der Waals surface area contributed by atoms with Crippen molar-refractivity contribution < 1.29 is 5.11 Å². The number of rotatable bonds is 2. The summed E-state index contributed by atoms with van der Waals surface area (Å²) in [5, 5.41) is 13.4. The summed E-state index contributed by atoms with van der Waals surface area (Å²) < 4.78 is 2.57. The molecule has 0 amide bonds. The second kappa shape index (κ2) is 4.12. The third-order valence-electron chi connectivity index (χ3n) is 2.04. The third-order valence-corrected chi connectivity index (χ3v) is 2.45. The molecule has 0 bridgehead atoms. The molecule has 15 heavy (non-hydrogen) atoms. The Balaban J connectivity index is 2.31. The van der Waals surface area contributed by atoms with Crippen LogP contribution in [0.3, 0.4) is 0 Å². The second-order valence-electron chi connectivity index (χ2n) is 3.23. The second-order valence-corrected chi connectivity index (χ2v) is 4.14. The average molecular weight is 268 g/mol. The number of halogens is 1. The van der Waals surface area contributed by atoms with Crippen molar-refractivity contribution in [2.24, 2.45) is 0 Å². The molecule has 0 radical (unpaired) electrons. The molecule has 5 heteroatoms. The zero-order valence-corrected chi connectivity index (χ0v) is 9.72. The molecule has 0 aliphatic carbocycles. The maximum Gasteiger partial charge on any atom is 0.153 e. The lowest BCUT2D eigenvalue weighted by atomic mass is 10.2. The van der Waals surface area contributed by atoms with E-state index < -0.39 is 6.10 Å². The summed E-state index contributed by atoms with van der Waals surface area (Å²) in [4.78, 5) is 4.20. The highest BCUT2D eigenvalue weighted by molar-refractivity contribution is 9.10. The van der Waals surface area contributed by atoms with Crippen molar-refractivity contribution >= 4 is 15.9 Å². The minimum atomic E-state index is -0.490. The molecule has 0 aliphatic rings. The van der Waals surface area contributed by atoms with Gasteiger partial charge in [-0.3, -0.25) is 0 Å². The van der Waals surface area contributed by atoms with Gasteiger partial charge in [0.15, 0.2) is 5.82 Å². The fourth-order valence-corrected chi connectivity index (χ4v) is 1.49. The summed E-state index contributed by atoms with van der Waals surface area (Å²) in [5.74, 6) is 0.727. The van der Waals surface area contributed by atoms with Gasteiger partial charge in [0.1, 0.15) is 0 Å². The van der Waals surface area contributed by atoms with E-state index in [4.69, 9.17) is 0 Å². The molecule has 0 aromatic carbocycles. The minimum Gasteiger partial charge on any atom is -0.389 e. The van der Waals surface area contributed by atoms with Gasteiger partial charge in [0.25, 0.3) is 0 Å². The molecule has 0 aliphatic heterocycles. The zero-order valence-electron chi connectivity index (χ0n) is 8.13. The summed E-state index contributed by atoms with van der Waals surface area (Å²) in [5.41, 5.74) is 0.796. The zero-order chi connectivity index (χ0) is 10.8. The van der Waals surface area contributed by atoms with Crippen molar-refractivity contribution in [1.29, 1.82) is 0 Å². The smallest absolute Gasteiger partial charge is 0.153 e. The van der Waals surface area contributed by atoms with Crippen LogP contribution in [0.2, 0.25) is 0 Å². The molecule has 0 spiro atoms. The van der Waals surface area contributed by atoms with Gasteiger partial charge in [-0.05, 0) is 34.5 Å². The normalized spacial score (nSPS) is 12.7. The highest BCUT2D eigenvalue weighted by Crippen LogP contribution is 2.14. The van der Waals surface area contributed by atoms with Gasteiger partial charge < -0.3 is 5.11 Å². The van der Waals surface area contributed by atoms with E-state index in [-0.39, 0.29) is 0 Å². The minimum absolute atomic E-state index is 0.490. The molecule has 1 N–H and O–H groups in total. The van der Waals surface area contributed by atoms with Gasteiger partial charge in [0, 0.05) is 12.4 Å². The number of pyridine rings is 1. The van der Waals surface area contributed by atoms with Crippen LogP contribution in [-0.2, 0) is 0 Å². The first-order chi connectivity index (χ1) is 7.16. The van der Waals surface area contributed by atoms with Crippen molar-refractivity contribution in [1.82, 2.24) is 14.8 Å². The molecule has 78 valence electrons. The van der Waals surface area contributed by atoms with Crippen LogP contribution in [0.25, 0.3) is 5.82 Å². The van der Waals surface area contributed by atoms with Gasteiger partial charge in [0.05, 0.1) is 16.8 Å². The monoisotopic (exact) mass is 267 g/mol. The van der Waals surface area contributed by atoms with Crippen LogP contribution >= 0.6 is 15.9 Å². The predicted octanol–water partition coefficient (Wildman–Crippen LogP) is 2.08. The summed E-state index contributed by atoms with van der Waals surface area (Å²) in [6.45, 7) is 1.71. The Morgan fingerprint density at radius 2 is 2.20 bits per heavy atom. The first-order valence-electron chi connectivity index (χ1n) is 4.51. The maximum atomic E-state index is 9.32. The van der Waals surface area contributed by atoms with Crippen molar-refractivity contribution in [3.63, 3.8) is 0 Å². The molecule has 2 rings (SSSR count). The number of aliphatic hydroxyl groups is 1. The Morgan fingerprint density at radius 1 is 1.40 bits per heavy atom. The van der Waals surface area contributed by atoms with Gasteiger partial charge in [-0.15, -0.1) is 0 Å². The summed E-state index contributed by atoms with van der Waals surface area (Å²) in [7, 11) is 0. The Morgan fingerprint density at radius 3 is 2.67 bits per heavy atom. The number of aliphatic hydroxyl groups excluding tert-OH is 1. The standard InChI is InChI=1S/C10H10BrN3O/c1-7(15)8-2-3-10(12-4-8)14-6-9(11)5-13-14/h2-7,15H,1H3/t7-/m0/s1. The van der Waals surface area contributed by atoms with E-state index >= 15 is 0 Å². The fourth-order valence-electron chi connectivity index (χ4n) is 1.21. The van der Waals surface area contributed by atoms with Gasteiger partial charge >= 0.3 is 0 Å². The molecule has 0 saturated heterocycles. The van der Waals surface area contributed by atoms with Gasteiger partial charge in [-0.1, -0.05) is 6.07 Å². The lowest BCUT2D eigenvalue weighted by molar-refractivity contribution is 0.199. The molecule has 2 aromatic heterocycles. The third kappa shape index (κ3) is 2.24. The molecule has 1 atom stereocenters. The number of hydrogen-bond acceptors (Lipinski definition) is 3. The highest BCUT2D eigenvalue weighted by atomic mass is 79.9. The van der Waals surface area contributed by atoms with Gasteiger partial charge in [-0.2, -0.15) is 5.10 Å². The van der Waals surface area contributed by atoms with E-state index in [1.54, 1.807) is 24.0 Å². The predicted molar refractivity (Wildman–Crippen MR) is 59.7 cm³/mol. The number of nitrogens with zero attached hydrogens (tertiary/aromatic N) is 3. The molecular weight excluding hydrogens is 258 g/mol. The lowest BCUT2D eigenvalue weighted by Crippen LogP contribution is -1.99. The van der Waals surface area contributed by atoms with E-state index in [1.165, 1.54) is 0 Å². The summed E-state index contributed by atoms with van der Waals surface area (Å²) in [6.07, 6.45) is 4.68. The van der Waals surface area contributed by atoms with Gasteiger partial charge in [0.2, 0.25) is 0 Å². The SMILES string of the molecule is C[C@H](O)c1ccc(-n2cc(Br)cn2)nc1. The van der Waals surface area contributed by atoms with E-state index in [0.29, 0.717) is 0 Å². The van der Waals surface area contributed by atoms with E-state index in [2.05, 4.69) is 26.0 Å². The molecule has 0 unspecified atom stereocenters. The van der Waals surface area contributed by atoms with Crippen LogP contribution < -0.4 is 0 Å². The van der Waals surface area contributed by atoms with E-state index in [9.17, 15) is 5.11 Å². The van der Waals surface area contributed by atoms with Crippen molar-refractivity contribution in [2.45, 2.75) is 13.0 Å². The summed E-state index contributed by atoms with van der Waals surface area (Å²) >= 11 is 3.32. The van der Waals surface area contributed by atoms with Gasteiger partial charge in [-0.25, -0.2) is 9.67 Å². The topological polar surface area (TPSA) is 50.9 Å². The average Bonchev–Trinajstić information content (AvgIpc) is 2.65. The maximum absolute atomic E-state index is 9.32. The van der Waals surface area contributed by atoms with Crippen LogP contribution in [0.15, 0.2) is 35.2 Å². The Labute approximate surface area is 95.7 Å². The van der Waals surface area contributed by atoms with E-state index in [0.717, 1.165) is 15.9 Å². The Hall–Kier alpha value is -1.20. The molecule has 0 fully saturated rings. The van der Waals surface area contributed by atoms with Crippen LogP contribution in [0.4, 0.5) is 0 Å². The summed E-state index contributed by atoms with van der Waals surface area (Å²) in [6, 6.07) is 3.66. The Kier molecular flexibility index (Phi) is 2.83. The largest absolute Gasteiger partial charge is 0.389 e. The van der Waals surface area contributed by atoms with Crippen LogP contribution in [0, 0.1) is 0 Å². The lowest BCUT2D eigenvalue weighted by Gasteiger charge is -2.04. The van der Waals surface area contributed by atoms with Crippen LogP contribution in [0.1, 0.15) is 18.6 Å². The Bertz CT molecular complexity index is 450. The molecule has 4 nitrogen and oxygen atoms in total. The fraction of sp³-hybridized carbons (Fsp3) is 0.200. The van der Waals surface area contributed by atoms with Crippen molar-refractivity contribution in [3.8, 4) is 5.82 Å². The first kappa shape index (κ1) is 10.3. The molecular formula is C10H10BrN3O. The molecule has 2 aromatic rings. The first-order valence-corrected chi connectivity index (χ1v) is 5.30.